The highest BCUT2D eigenvalue weighted by Gasteiger charge is 2.57. The maximum atomic E-state index is 11.4. The topological polar surface area (TPSA) is 463 Å². The van der Waals surface area contributed by atoms with Crippen molar-refractivity contribution in [2.75, 3.05) is 33.0 Å². The molecule has 5 heterocycles. The molecule has 18 N–H and O–H groups in total. The van der Waals surface area contributed by atoms with Gasteiger partial charge in [-0.15, -0.1) is 0 Å². The summed E-state index contributed by atoms with van der Waals surface area (Å²) in [6.45, 7) is -4.40. The standard InChI is InChI=1S/C30H52N4O24.ClH/c31-11-15(43)22(55-29-21(49)25(14(42)8(3-37)52-29)58-28-19(47)16(44)12(40)6(1-35)51-28)10(5-39)54-27(11)57-24-13(41)7(2-36)53-30(20(24)48)56-23-9(4-38)50-26(33-34-32)18(46)17(23)45;/h6-30,35-49H,1-5,31H2;1H/t6-,7-,8-,9-,10-,11-,12+,13+,14+,15-,16+,17-,18-,19-,20-,21-,22-,23-,24+,25+,26-,27+,28-,29+,30+;/m1./s1. The van der Waals surface area contributed by atoms with E-state index in [2.05, 4.69) is 15.8 Å². The van der Waals surface area contributed by atoms with Gasteiger partial charge in [0.25, 0.3) is 0 Å². The van der Waals surface area contributed by atoms with E-state index in [9.17, 15) is 76.6 Å². The lowest BCUT2D eigenvalue weighted by Gasteiger charge is -2.49. The van der Waals surface area contributed by atoms with Crippen molar-refractivity contribution in [3.63, 3.8) is 0 Å². The molecular formula is C30H53ClN4O24. The summed E-state index contributed by atoms with van der Waals surface area (Å²) in [5, 5.41) is 160. The van der Waals surface area contributed by atoms with Gasteiger partial charge in [-0.05, 0) is 5.53 Å². The van der Waals surface area contributed by atoms with Gasteiger partial charge in [0.2, 0.25) is 6.29 Å². The minimum atomic E-state index is -2.03. The van der Waals surface area contributed by atoms with Crippen LogP contribution in [0, 0.1) is 0 Å². The molecule has 0 aromatic rings. The summed E-state index contributed by atoms with van der Waals surface area (Å²) in [4.78, 5) is 2.50. The molecule has 29 heteroatoms. The fraction of sp³-hybridized carbons (Fsp3) is 1.00. The number of nitrogens with zero attached hydrogens (tertiary/aromatic N) is 3. The third-order valence-corrected chi connectivity index (χ3v) is 10.6. The van der Waals surface area contributed by atoms with Crippen LogP contribution in [0.5, 0.6) is 0 Å². The zero-order valence-corrected chi connectivity index (χ0v) is 31.5. The molecule has 0 spiro atoms. The summed E-state index contributed by atoms with van der Waals surface area (Å²) in [6, 6.07) is -1.43. The Labute approximate surface area is 339 Å². The minimum absolute atomic E-state index is 0. The quantitative estimate of drug-likeness (QED) is 0.0437. The molecule has 0 radical (unpaired) electrons. The van der Waals surface area contributed by atoms with Crippen LogP contribution < -0.4 is 18.1 Å². The number of aliphatic hydroxyl groups is 15. The second-order valence-corrected chi connectivity index (χ2v) is 14.3. The highest BCUT2D eigenvalue weighted by atomic mass is 35.5. The van der Waals surface area contributed by atoms with Crippen LogP contribution in [0.4, 0.5) is 0 Å². The summed E-state index contributed by atoms with van der Waals surface area (Å²) in [6.07, 6.45) is -42.4. The van der Waals surface area contributed by atoms with Gasteiger partial charge in [0.15, 0.2) is 31.1 Å². The van der Waals surface area contributed by atoms with E-state index in [0.29, 0.717) is 0 Å². The summed E-state index contributed by atoms with van der Waals surface area (Å²) in [5.41, 5.74) is 12.5. The second-order valence-electron chi connectivity index (χ2n) is 14.3. The highest BCUT2D eigenvalue weighted by molar-refractivity contribution is 4.99. The van der Waals surface area contributed by atoms with Gasteiger partial charge in [0.1, 0.15) is 116 Å². The first-order valence-electron chi connectivity index (χ1n) is 18.2. The molecule has 5 rings (SSSR count). The summed E-state index contributed by atoms with van der Waals surface area (Å²) in [5.74, 6) is 0. The molecular weight excluding hydrogens is 836 g/mol. The number of azide groups is 1. The number of hydrogen-bond acceptors (Lipinski definition) is 25. The van der Waals surface area contributed by atoms with E-state index >= 15 is 0 Å². The molecule has 28 nitrogen and oxygen atoms in total. The number of hydrogen-bond donors (Lipinski definition) is 16. The second kappa shape index (κ2) is 21.8. The maximum Gasteiger partial charge on any atom is 0.214 e. The molecule has 5 aliphatic heterocycles. The van der Waals surface area contributed by atoms with Gasteiger partial charge in [0.05, 0.1) is 33.0 Å². The van der Waals surface area contributed by atoms with Gasteiger partial charge in [-0.3, -0.25) is 0 Å². The largest absolute Gasteiger partial charge is 1.00 e. The average Bonchev–Trinajstić information content (AvgIpc) is 3.21. The van der Waals surface area contributed by atoms with Crippen molar-refractivity contribution in [1.29, 1.82) is 0 Å². The molecule has 0 aromatic heterocycles. The van der Waals surface area contributed by atoms with Crippen molar-refractivity contribution >= 4 is 0 Å². The van der Waals surface area contributed by atoms with Gasteiger partial charge in [-0.25, -0.2) is 0 Å². The Morgan fingerprint density at radius 3 is 1.25 bits per heavy atom. The van der Waals surface area contributed by atoms with Crippen LogP contribution in [0.3, 0.4) is 0 Å². The fourth-order valence-electron chi connectivity index (χ4n) is 7.26. The predicted molar refractivity (Wildman–Crippen MR) is 174 cm³/mol. The number of quaternary nitrogens is 1. The lowest BCUT2D eigenvalue weighted by Crippen LogP contribution is -3.00. The zero-order chi connectivity index (χ0) is 42.7. The molecule has 59 heavy (non-hydrogen) atoms. The predicted octanol–water partition coefficient (Wildman–Crippen LogP) is -14.4. The summed E-state index contributed by atoms with van der Waals surface area (Å²) in [7, 11) is 0. The van der Waals surface area contributed by atoms with Crippen molar-refractivity contribution in [1.82, 2.24) is 0 Å². The van der Waals surface area contributed by atoms with Crippen LogP contribution >= 0.6 is 0 Å². The van der Waals surface area contributed by atoms with Gasteiger partial charge < -0.3 is 137 Å². The molecule has 344 valence electrons. The first kappa shape index (κ1) is 50.2. The third-order valence-electron chi connectivity index (χ3n) is 10.6. The Bertz CT molecular complexity index is 1350. The van der Waals surface area contributed by atoms with E-state index in [4.69, 9.17) is 48.2 Å². The number of aliphatic hydroxyl groups excluding tert-OH is 15. The van der Waals surface area contributed by atoms with Crippen LogP contribution in [0.2, 0.25) is 0 Å². The number of ether oxygens (including phenoxy) is 9. The zero-order valence-electron chi connectivity index (χ0n) is 30.8. The molecule has 25 atom stereocenters. The van der Waals surface area contributed by atoms with Crippen LogP contribution in [0.15, 0.2) is 5.11 Å². The summed E-state index contributed by atoms with van der Waals surface area (Å²) < 4.78 is 50.2. The minimum Gasteiger partial charge on any atom is -1.00 e. The van der Waals surface area contributed by atoms with Crippen molar-refractivity contribution in [2.24, 2.45) is 5.11 Å². The van der Waals surface area contributed by atoms with Gasteiger partial charge >= 0.3 is 0 Å². The van der Waals surface area contributed by atoms with E-state index in [-0.39, 0.29) is 12.4 Å². The van der Waals surface area contributed by atoms with Crippen molar-refractivity contribution in [3.05, 3.63) is 10.4 Å². The van der Waals surface area contributed by atoms with Crippen LogP contribution in [-0.2, 0) is 42.6 Å². The van der Waals surface area contributed by atoms with Crippen molar-refractivity contribution < 1.29 is 137 Å². The lowest BCUT2D eigenvalue weighted by molar-refractivity contribution is -0.512. The lowest BCUT2D eigenvalue weighted by atomic mass is 9.94. The molecule has 0 saturated carbocycles. The molecule has 0 aliphatic carbocycles. The van der Waals surface area contributed by atoms with Crippen LogP contribution in [0.1, 0.15) is 0 Å². The van der Waals surface area contributed by atoms with Gasteiger partial charge in [-0.1, -0.05) is 5.11 Å². The smallest absolute Gasteiger partial charge is 0.214 e. The van der Waals surface area contributed by atoms with E-state index < -0.39 is 186 Å². The molecule has 5 aliphatic rings. The van der Waals surface area contributed by atoms with E-state index in [1.807, 2.05) is 0 Å². The van der Waals surface area contributed by atoms with E-state index in [0.717, 1.165) is 0 Å². The Morgan fingerprint density at radius 2 is 0.797 bits per heavy atom. The molecule has 0 unspecified atom stereocenters. The molecule has 0 aromatic carbocycles. The third kappa shape index (κ3) is 10.4. The van der Waals surface area contributed by atoms with Gasteiger partial charge in [0, 0.05) is 4.91 Å². The number of halogens is 1. The average molecular weight is 889 g/mol. The van der Waals surface area contributed by atoms with Crippen molar-refractivity contribution in [2.45, 2.75) is 153 Å². The monoisotopic (exact) mass is 888 g/mol. The van der Waals surface area contributed by atoms with Crippen LogP contribution in [-0.4, -0.2) is 263 Å². The normalized spacial score (nSPS) is 50.7. The fourth-order valence-corrected chi connectivity index (χ4v) is 7.26. The maximum absolute atomic E-state index is 11.4. The van der Waals surface area contributed by atoms with E-state index in [1.165, 1.54) is 0 Å². The van der Waals surface area contributed by atoms with Gasteiger partial charge in [-0.2, -0.15) is 0 Å². The SMILES string of the molecule is [Cl-].[N-]=[N+]=N[C@@H]1O[C@H](CO)[C@@H](O[C@@H]2O[C@H](CO)[C@H](O)[C@H](O[C@@H]3O[C@H](CO)[C@@H](O[C@@H]4O[C@H](CO)[C@H](O)[C@H](O[C@H]5O[C@H](CO)[C@H](O)[C@H](O)[C@H]5O)[C@H]4O)[C@H](O)[C@H]3[NH3+])[C@H]2O)[C@H](O)[C@H]1O. The Kier molecular flexibility index (Phi) is 18.6. The molecule has 0 amide bonds. The Hall–Kier alpha value is -1.40. The summed E-state index contributed by atoms with van der Waals surface area (Å²) >= 11 is 0. The molecule has 5 fully saturated rings. The first-order valence-corrected chi connectivity index (χ1v) is 18.2. The van der Waals surface area contributed by atoms with E-state index in [1.54, 1.807) is 0 Å². The molecule has 0 bridgehead atoms. The van der Waals surface area contributed by atoms with Crippen LogP contribution in [0.25, 0.3) is 10.4 Å². The molecule has 5 saturated heterocycles. The Balaban J connectivity index is 0.00000769. The number of rotatable bonds is 14. The highest BCUT2D eigenvalue weighted by Crippen LogP contribution is 2.35. The first-order chi connectivity index (χ1) is 27.6. The Morgan fingerprint density at radius 1 is 0.424 bits per heavy atom. The van der Waals surface area contributed by atoms with Crippen molar-refractivity contribution in [3.8, 4) is 0 Å².